The quantitative estimate of drug-likeness (QED) is 0.399. The molecule has 0 spiro atoms. The van der Waals surface area contributed by atoms with Crippen LogP contribution >= 0.6 is 12.2 Å². The molecule has 5 nitrogen and oxygen atoms in total. The van der Waals surface area contributed by atoms with E-state index in [1.807, 2.05) is 6.07 Å². The maximum absolute atomic E-state index is 5.65. The molecular weight excluding hydrogens is 426 g/mol. The molecule has 33 heavy (non-hydrogen) atoms. The Labute approximate surface area is 203 Å². The van der Waals surface area contributed by atoms with E-state index in [1.54, 1.807) is 0 Å². The Morgan fingerprint density at radius 3 is 2.48 bits per heavy atom. The van der Waals surface area contributed by atoms with Crippen LogP contribution in [0.25, 0.3) is 10.9 Å². The molecule has 0 atom stereocenters. The van der Waals surface area contributed by atoms with Gasteiger partial charge < -0.3 is 20.9 Å². The number of thiocarbonyl (C=S) groups is 1. The van der Waals surface area contributed by atoms with Crippen molar-refractivity contribution in [2.75, 3.05) is 29.6 Å². The summed E-state index contributed by atoms with van der Waals surface area (Å²) in [6.45, 7) is 4.31. The van der Waals surface area contributed by atoms with Crippen molar-refractivity contribution >= 4 is 45.4 Å². The Bertz CT molecular complexity index is 1120. The molecular formula is C27H35N5S. The number of anilines is 3. The van der Waals surface area contributed by atoms with Crippen LogP contribution in [0.4, 0.5) is 17.2 Å². The summed E-state index contributed by atoms with van der Waals surface area (Å²) in [4.78, 5) is 7.02. The number of fused-ring (bicyclic) bond motifs is 1. The SMILES string of the molecule is CCc1cccc(C)c1NC(=S)N[C@H]1CC[C@@H](Nc2cc(N(C)C)c3ccccc3n2)CC1. The average molecular weight is 462 g/mol. The summed E-state index contributed by atoms with van der Waals surface area (Å²) < 4.78 is 0. The number of para-hydroxylation sites is 2. The number of hydrogen-bond acceptors (Lipinski definition) is 4. The molecule has 1 aliphatic carbocycles. The average Bonchev–Trinajstić information content (AvgIpc) is 2.81. The van der Waals surface area contributed by atoms with Crippen molar-refractivity contribution in [1.29, 1.82) is 0 Å². The van der Waals surface area contributed by atoms with Crippen LogP contribution in [0.5, 0.6) is 0 Å². The van der Waals surface area contributed by atoms with Gasteiger partial charge in [-0.15, -0.1) is 0 Å². The van der Waals surface area contributed by atoms with Crippen molar-refractivity contribution in [3.05, 3.63) is 59.7 Å². The van der Waals surface area contributed by atoms with Gasteiger partial charge in [-0.2, -0.15) is 0 Å². The summed E-state index contributed by atoms with van der Waals surface area (Å²) in [7, 11) is 4.17. The Hall–Kier alpha value is -2.86. The highest BCUT2D eigenvalue weighted by Gasteiger charge is 2.22. The summed E-state index contributed by atoms with van der Waals surface area (Å²) in [6.07, 6.45) is 5.35. The molecule has 0 bridgehead atoms. The van der Waals surface area contributed by atoms with Crippen LogP contribution in [-0.2, 0) is 6.42 Å². The molecule has 1 fully saturated rings. The molecule has 0 unspecified atom stereocenters. The predicted octanol–water partition coefficient (Wildman–Crippen LogP) is 5.88. The second kappa shape index (κ2) is 10.4. The van der Waals surface area contributed by atoms with E-state index in [4.69, 9.17) is 17.2 Å². The Morgan fingerprint density at radius 2 is 1.76 bits per heavy atom. The molecule has 1 saturated carbocycles. The van der Waals surface area contributed by atoms with Crippen LogP contribution in [0, 0.1) is 6.92 Å². The fourth-order valence-electron chi connectivity index (χ4n) is 4.73. The van der Waals surface area contributed by atoms with Gasteiger partial charge in [-0.05, 0) is 68.4 Å². The summed E-state index contributed by atoms with van der Waals surface area (Å²) in [6, 6.07) is 17.7. The zero-order valence-corrected chi connectivity index (χ0v) is 20.9. The first-order chi connectivity index (χ1) is 15.9. The lowest BCUT2D eigenvalue weighted by Gasteiger charge is -2.31. The Balaban J connectivity index is 1.34. The maximum Gasteiger partial charge on any atom is 0.171 e. The van der Waals surface area contributed by atoms with Crippen molar-refractivity contribution in [1.82, 2.24) is 10.3 Å². The van der Waals surface area contributed by atoms with Crippen molar-refractivity contribution in [3.8, 4) is 0 Å². The highest BCUT2D eigenvalue weighted by molar-refractivity contribution is 7.80. The maximum atomic E-state index is 5.65. The van der Waals surface area contributed by atoms with Gasteiger partial charge in [0.15, 0.2) is 5.11 Å². The highest BCUT2D eigenvalue weighted by atomic mass is 32.1. The Morgan fingerprint density at radius 1 is 1.03 bits per heavy atom. The zero-order valence-electron chi connectivity index (χ0n) is 20.1. The van der Waals surface area contributed by atoms with E-state index < -0.39 is 0 Å². The van der Waals surface area contributed by atoms with Crippen LogP contribution in [0.2, 0.25) is 0 Å². The second-order valence-electron chi connectivity index (χ2n) is 9.19. The minimum atomic E-state index is 0.402. The van der Waals surface area contributed by atoms with Crippen molar-refractivity contribution < 1.29 is 0 Å². The van der Waals surface area contributed by atoms with Gasteiger partial charge in [-0.3, -0.25) is 0 Å². The number of pyridine rings is 1. The minimum absolute atomic E-state index is 0.402. The zero-order chi connectivity index (χ0) is 23.4. The lowest BCUT2D eigenvalue weighted by atomic mass is 9.91. The third kappa shape index (κ3) is 5.56. The number of hydrogen-bond donors (Lipinski definition) is 3. The van der Waals surface area contributed by atoms with Crippen molar-refractivity contribution in [2.45, 2.75) is 58.0 Å². The second-order valence-corrected chi connectivity index (χ2v) is 9.60. The molecule has 3 N–H and O–H groups in total. The molecule has 2 aromatic carbocycles. The van der Waals surface area contributed by atoms with Crippen molar-refractivity contribution in [2.24, 2.45) is 0 Å². The fourth-order valence-corrected chi connectivity index (χ4v) is 5.00. The number of rotatable bonds is 6. The molecule has 0 radical (unpaired) electrons. The molecule has 0 aliphatic heterocycles. The number of nitrogens with zero attached hydrogens (tertiary/aromatic N) is 2. The van der Waals surface area contributed by atoms with E-state index in [0.717, 1.165) is 54.2 Å². The van der Waals surface area contributed by atoms with Gasteiger partial charge in [0.05, 0.1) is 5.52 Å². The van der Waals surface area contributed by atoms with Crippen molar-refractivity contribution in [3.63, 3.8) is 0 Å². The molecule has 0 amide bonds. The van der Waals surface area contributed by atoms with Crippen LogP contribution < -0.4 is 20.9 Å². The summed E-state index contributed by atoms with van der Waals surface area (Å²) >= 11 is 5.65. The monoisotopic (exact) mass is 461 g/mol. The normalized spacial score (nSPS) is 18.1. The molecule has 3 aromatic rings. The van der Waals surface area contributed by atoms with Gasteiger partial charge >= 0.3 is 0 Å². The van der Waals surface area contributed by atoms with Crippen LogP contribution in [0.1, 0.15) is 43.7 Å². The third-order valence-corrected chi connectivity index (χ3v) is 6.79. The van der Waals surface area contributed by atoms with E-state index in [1.165, 1.54) is 22.2 Å². The smallest absolute Gasteiger partial charge is 0.171 e. The van der Waals surface area contributed by atoms with Gasteiger partial charge in [-0.1, -0.05) is 43.3 Å². The molecule has 0 saturated heterocycles. The van der Waals surface area contributed by atoms with Gasteiger partial charge in [-0.25, -0.2) is 4.98 Å². The number of benzene rings is 2. The van der Waals surface area contributed by atoms with E-state index >= 15 is 0 Å². The first-order valence-electron chi connectivity index (χ1n) is 11.9. The van der Waals surface area contributed by atoms with Gasteiger partial charge in [0, 0.05) is 49.0 Å². The van der Waals surface area contributed by atoms with E-state index in [0.29, 0.717) is 12.1 Å². The standard InChI is InChI=1S/C27H35N5S/c1-5-19-10-8-9-18(2)26(19)31-27(33)29-21-15-13-20(14-16-21)28-25-17-24(32(3)4)22-11-6-7-12-23(22)30-25/h6-12,17,20-21H,5,13-16H2,1-4H3,(H,28,30)(H2,29,31,33)/t20-,21+. The summed E-state index contributed by atoms with van der Waals surface area (Å²) in [5, 5.41) is 12.6. The van der Waals surface area contributed by atoms with Gasteiger partial charge in [0.25, 0.3) is 0 Å². The first-order valence-corrected chi connectivity index (χ1v) is 12.3. The molecule has 4 rings (SSSR count). The summed E-state index contributed by atoms with van der Waals surface area (Å²) in [5.41, 5.74) is 5.89. The largest absolute Gasteiger partial charge is 0.377 e. The van der Waals surface area contributed by atoms with Crippen LogP contribution in [-0.4, -0.2) is 36.3 Å². The third-order valence-electron chi connectivity index (χ3n) is 6.57. The lowest BCUT2D eigenvalue weighted by Crippen LogP contribution is -2.42. The number of nitrogens with one attached hydrogen (secondary N) is 3. The molecule has 6 heteroatoms. The van der Waals surface area contributed by atoms with E-state index in [9.17, 15) is 0 Å². The van der Waals surface area contributed by atoms with Crippen LogP contribution in [0.3, 0.4) is 0 Å². The highest BCUT2D eigenvalue weighted by Crippen LogP contribution is 2.29. The number of aromatic nitrogens is 1. The molecule has 1 heterocycles. The predicted molar refractivity (Wildman–Crippen MR) is 146 cm³/mol. The molecule has 1 aromatic heterocycles. The first kappa shape index (κ1) is 23.3. The van der Waals surface area contributed by atoms with Crippen LogP contribution in [0.15, 0.2) is 48.5 Å². The topological polar surface area (TPSA) is 52.2 Å². The minimum Gasteiger partial charge on any atom is -0.377 e. The molecule has 174 valence electrons. The van der Waals surface area contributed by atoms with E-state index in [-0.39, 0.29) is 0 Å². The lowest BCUT2D eigenvalue weighted by molar-refractivity contribution is 0.388. The number of aryl methyl sites for hydroxylation is 2. The van der Waals surface area contributed by atoms with E-state index in [2.05, 4.69) is 91.3 Å². The Kier molecular flexibility index (Phi) is 7.33. The molecule has 1 aliphatic rings. The summed E-state index contributed by atoms with van der Waals surface area (Å²) in [5.74, 6) is 0.956. The van der Waals surface area contributed by atoms with Gasteiger partial charge in [0.2, 0.25) is 0 Å². The fraction of sp³-hybridized carbons (Fsp3) is 0.407. The van der Waals surface area contributed by atoms with Gasteiger partial charge in [0.1, 0.15) is 5.82 Å².